The van der Waals surface area contributed by atoms with E-state index in [1.54, 1.807) is 17.7 Å². The molecule has 6 nitrogen and oxygen atoms in total. The zero-order valence-electron chi connectivity index (χ0n) is 15.8. The number of aromatic nitrogens is 2. The highest BCUT2D eigenvalue weighted by Crippen LogP contribution is 2.25. The first-order valence-corrected chi connectivity index (χ1v) is 9.75. The molecule has 1 heterocycles. The number of halogens is 1. The molecule has 0 atom stereocenters. The van der Waals surface area contributed by atoms with E-state index in [1.807, 2.05) is 55.6 Å². The summed E-state index contributed by atoms with van der Waals surface area (Å²) in [6, 6.07) is 15.9. The molecule has 0 saturated heterocycles. The average Bonchev–Trinajstić information content (AvgIpc) is 3.07. The Bertz CT molecular complexity index is 941. The third-order valence-corrected chi connectivity index (χ3v) is 4.55. The summed E-state index contributed by atoms with van der Waals surface area (Å²) in [7, 11) is 1.83. The van der Waals surface area contributed by atoms with Crippen LogP contribution < -0.4 is 10.1 Å². The molecule has 1 aromatic heterocycles. The van der Waals surface area contributed by atoms with E-state index in [1.165, 1.54) is 0 Å². The lowest BCUT2D eigenvalue weighted by atomic mass is 10.2. The van der Waals surface area contributed by atoms with Crippen molar-refractivity contribution in [3.05, 3.63) is 76.0 Å². The van der Waals surface area contributed by atoms with Gasteiger partial charge in [0.05, 0.1) is 6.61 Å². The predicted molar refractivity (Wildman–Crippen MR) is 111 cm³/mol. The first-order chi connectivity index (χ1) is 13.6. The van der Waals surface area contributed by atoms with Crippen molar-refractivity contribution in [2.45, 2.75) is 20.1 Å². The highest BCUT2D eigenvalue weighted by atomic mass is 79.9. The lowest BCUT2D eigenvalue weighted by Crippen LogP contribution is -2.07. The minimum Gasteiger partial charge on any atom is -0.489 e. The van der Waals surface area contributed by atoms with Gasteiger partial charge in [0.1, 0.15) is 12.4 Å². The fourth-order valence-electron chi connectivity index (χ4n) is 2.67. The average molecular weight is 444 g/mol. The van der Waals surface area contributed by atoms with E-state index in [0.717, 1.165) is 21.3 Å². The third-order valence-electron chi connectivity index (χ3n) is 4.06. The first kappa shape index (κ1) is 19.9. The van der Waals surface area contributed by atoms with Gasteiger partial charge in [0.2, 0.25) is 5.95 Å². The van der Waals surface area contributed by atoms with Crippen LogP contribution in [0, 0.1) is 0 Å². The maximum absolute atomic E-state index is 11.9. The third kappa shape index (κ3) is 5.13. The van der Waals surface area contributed by atoms with Crippen LogP contribution in [0.4, 0.5) is 5.95 Å². The van der Waals surface area contributed by atoms with Crippen molar-refractivity contribution in [3.63, 3.8) is 0 Å². The Kier molecular flexibility index (Phi) is 6.71. The monoisotopic (exact) mass is 443 g/mol. The number of anilines is 1. The second kappa shape index (κ2) is 9.41. The quantitative estimate of drug-likeness (QED) is 0.517. The molecule has 0 fully saturated rings. The van der Waals surface area contributed by atoms with Gasteiger partial charge in [0.25, 0.3) is 0 Å². The van der Waals surface area contributed by atoms with E-state index >= 15 is 0 Å². The van der Waals surface area contributed by atoms with Gasteiger partial charge >= 0.3 is 5.97 Å². The van der Waals surface area contributed by atoms with Gasteiger partial charge in [-0.2, -0.15) is 0 Å². The summed E-state index contributed by atoms with van der Waals surface area (Å²) < 4.78 is 13.7. The summed E-state index contributed by atoms with van der Waals surface area (Å²) in [5.74, 6) is 0.942. The van der Waals surface area contributed by atoms with Crippen LogP contribution in [-0.4, -0.2) is 22.1 Å². The molecule has 0 unspecified atom stereocenters. The van der Waals surface area contributed by atoms with Crippen LogP contribution in [0.5, 0.6) is 5.75 Å². The van der Waals surface area contributed by atoms with Gasteiger partial charge in [-0.1, -0.05) is 46.3 Å². The summed E-state index contributed by atoms with van der Waals surface area (Å²) in [4.78, 5) is 16.2. The molecule has 2 aromatic carbocycles. The maximum Gasteiger partial charge on any atom is 0.358 e. The Balaban J connectivity index is 1.70. The number of carbonyl (C=O) groups is 1. The van der Waals surface area contributed by atoms with Crippen molar-refractivity contribution >= 4 is 27.8 Å². The molecule has 146 valence electrons. The van der Waals surface area contributed by atoms with Gasteiger partial charge in [-0.15, -0.1) is 0 Å². The number of hydrogen-bond donors (Lipinski definition) is 1. The molecule has 0 spiro atoms. The van der Waals surface area contributed by atoms with Crippen molar-refractivity contribution in [2.75, 3.05) is 11.9 Å². The number of imidazole rings is 1. The summed E-state index contributed by atoms with van der Waals surface area (Å²) in [5.41, 5.74) is 2.36. The molecule has 0 amide bonds. The van der Waals surface area contributed by atoms with Crippen LogP contribution in [-0.2, 0) is 24.9 Å². The van der Waals surface area contributed by atoms with Gasteiger partial charge in [-0.05, 0) is 30.7 Å². The molecular weight excluding hydrogens is 422 g/mol. The van der Waals surface area contributed by atoms with Crippen molar-refractivity contribution in [1.82, 2.24) is 9.55 Å². The number of hydrogen-bond acceptors (Lipinski definition) is 5. The van der Waals surface area contributed by atoms with E-state index in [-0.39, 0.29) is 5.69 Å². The fraction of sp³-hybridized carbons (Fsp3) is 0.238. The van der Waals surface area contributed by atoms with Crippen molar-refractivity contribution < 1.29 is 14.3 Å². The van der Waals surface area contributed by atoms with Gasteiger partial charge < -0.3 is 19.4 Å². The lowest BCUT2D eigenvalue weighted by Gasteiger charge is -2.13. The predicted octanol–water partition coefficient (Wildman–Crippen LogP) is 4.55. The second-order valence-corrected chi connectivity index (χ2v) is 7.08. The minimum absolute atomic E-state index is 0.279. The Labute approximate surface area is 172 Å². The van der Waals surface area contributed by atoms with Crippen LogP contribution in [0.25, 0.3) is 0 Å². The zero-order valence-corrected chi connectivity index (χ0v) is 17.4. The van der Waals surface area contributed by atoms with Crippen molar-refractivity contribution in [2.24, 2.45) is 7.05 Å². The number of aryl methyl sites for hydroxylation is 1. The van der Waals surface area contributed by atoms with Gasteiger partial charge in [0, 0.05) is 29.8 Å². The number of ether oxygens (including phenoxy) is 2. The summed E-state index contributed by atoms with van der Waals surface area (Å²) >= 11 is 3.51. The van der Waals surface area contributed by atoms with Gasteiger partial charge in [0.15, 0.2) is 5.69 Å². The van der Waals surface area contributed by atoms with Crippen LogP contribution in [0.1, 0.15) is 28.5 Å². The number of esters is 1. The lowest BCUT2D eigenvalue weighted by molar-refractivity contribution is 0.0520. The molecule has 3 rings (SSSR count). The van der Waals surface area contributed by atoms with E-state index in [4.69, 9.17) is 9.47 Å². The summed E-state index contributed by atoms with van der Waals surface area (Å²) in [6.07, 6.45) is 1.65. The van der Waals surface area contributed by atoms with E-state index < -0.39 is 5.97 Å². The molecule has 0 bridgehead atoms. The summed E-state index contributed by atoms with van der Waals surface area (Å²) in [6.45, 7) is 3.07. The molecule has 0 radical (unpaired) electrons. The summed E-state index contributed by atoms with van der Waals surface area (Å²) in [5, 5.41) is 3.26. The minimum atomic E-state index is -0.430. The number of carbonyl (C=O) groups excluding carboxylic acids is 1. The Morgan fingerprint density at radius 1 is 1.21 bits per heavy atom. The highest BCUT2D eigenvalue weighted by Gasteiger charge is 2.14. The standard InChI is InChI=1S/C21H22BrN3O3/c1-3-27-20(26)18-13-25(2)21(24-18)23-12-16-11-17(22)9-10-19(16)28-14-15-7-5-4-6-8-15/h4-11,13H,3,12,14H2,1-2H3,(H,23,24). The van der Waals surface area contributed by atoms with Crippen molar-refractivity contribution in [3.8, 4) is 5.75 Å². The molecule has 28 heavy (non-hydrogen) atoms. The largest absolute Gasteiger partial charge is 0.489 e. The smallest absolute Gasteiger partial charge is 0.358 e. The molecule has 3 aromatic rings. The topological polar surface area (TPSA) is 65.4 Å². The van der Waals surface area contributed by atoms with E-state index in [9.17, 15) is 4.79 Å². The maximum atomic E-state index is 11.9. The normalized spacial score (nSPS) is 10.5. The second-order valence-electron chi connectivity index (χ2n) is 6.16. The molecule has 0 aliphatic heterocycles. The Morgan fingerprint density at radius 2 is 2.00 bits per heavy atom. The Hall–Kier alpha value is -2.80. The molecule has 7 heteroatoms. The van der Waals surface area contributed by atoms with Gasteiger partial charge in [-0.3, -0.25) is 0 Å². The van der Waals surface area contributed by atoms with Gasteiger partial charge in [-0.25, -0.2) is 9.78 Å². The van der Waals surface area contributed by atoms with E-state index in [2.05, 4.69) is 26.2 Å². The number of nitrogens with zero attached hydrogens (tertiary/aromatic N) is 2. The number of nitrogens with one attached hydrogen (secondary N) is 1. The zero-order chi connectivity index (χ0) is 19.9. The van der Waals surface area contributed by atoms with Crippen LogP contribution in [0.15, 0.2) is 59.2 Å². The fourth-order valence-corrected chi connectivity index (χ4v) is 3.08. The highest BCUT2D eigenvalue weighted by molar-refractivity contribution is 9.10. The molecular formula is C21H22BrN3O3. The first-order valence-electron chi connectivity index (χ1n) is 8.96. The number of benzene rings is 2. The molecule has 0 aliphatic carbocycles. The Morgan fingerprint density at radius 3 is 2.75 bits per heavy atom. The van der Waals surface area contributed by atoms with Crippen molar-refractivity contribution in [1.29, 1.82) is 0 Å². The van der Waals surface area contributed by atoms with Crippen LogP contribution in [0.3, 0.4) is 0 Å². The van der Waals surface area contributed by atoms with E-state index in [0.29, 0.717) is 25.7 Å². The van der Waals surface area contributed by atoms with Crippen LogP contribution in [0.2, 0.25) is 0 Å². The van der Waals surface area contributed by atoms with Crippen LogP contribution >= 0.6 is 15.9 Å². The molecule has 0 aliphatic rings. The molecule has 1 N–H and O–H groups in total. The molecule has 0 saturated carbocycles. The number of rotatable bonds is 8. The SMILES string of the molecule is CCOC(=O)c1cn(C)c(NCc2cc(Br)ccc2OCc2ccccc2)n1.